The maximum absolute atomic E-state index is 9.96. The van der Waals surface area contributed by atoms with E-state index in [2.05, 4.69) is 6.08 Å². The minimum absolute atomic E-state index is 0.0851. The zero-order chi connectivity index (χ0) is 9.10. The largest absolute Gasteiger partial charge is 0.388 e. The second kappa shape index (κ2) is 4.28. The number of allylic oxidation sites excluding steroid dienone is 1. The van der Waals surface area contributed by atoms with Crippen LogP contribution in [0.25, 0.3) is 0 Å². The van der Waals surface area contributed by atoms with Gasteiger partial charge in [0.1, 0.15) is 0 Å². The van der Waals surface area contributed by atoms with Crippen molar-refractivity contribution in [3.8, 4) is 0 Å². The highest BCUT2D eigenvalue weighted by Crippen LogP contribution is 2.37. The van der Waals surface area contributed by atoms with Crippen molar-refractivity contribution in [2.75, 3.05) is 0 Å². The number of hydrogen-bond donors (Lipinski definition) is 1. The predicted molar refractivity (Wildman–Crippen MR) is 54.5 cm³/mol. The Labute approximate surface area is 80.8 Å². The number of hydrogen-bond acceptors (Lipinski definition) is 1. The van der Waals surface area contributed by atoms with Crippen LogP contribution in [0.4, 0.5) is 0 Å². The van der Waals surface area contributed by atoms with E-state index < -0.39 is 0 Å². The second-order valence-corrected chi connectivity index (χ2v) is 4.51. The summed E-state index contributed by atoms with van der Waals surface area (Å²) < 4.78 is 0. The van der Waals surface area contributed by atoms with E-state index in [0.717, 1.165) is 6.42 Å². The highest BCUT2D eigenvalue weighted by Gasteiger charge is 2.31. The molecular weight excluding hydrogens is 160 g/mol. The average Bonchev–Trinajstić information content (AvgIpc) is 2.84. The third-order valence-electron chi connectivity index (χ3n) is 3.27. The van der Waals surface area contributed by atoms with Crippen molar-refractivity contribution in [2.24, 2.45) is 5.92 Å². The normalized spacial score (nSPS) is 27.3. The third kappa shape index (κ3) is 2.57. The number of aliphatic hydroxyl groups is 1. The number of rotatable bonds is 2. The van der Waals surface area contributed by atoms with Crippen LogP contribution in [0.2, 0.25) is 0 Å². The summed E-state index contributed by atoms with van der Waals surface area (Å²) in [5.74, 6) is 0.616. The van der Waals surface area contributed by atoms with Crippen LogP contribution < -0.4 is 0 Å². The van der Waals surface area contributed by atoms with Gasteiger partial charge in [0.15, 0.2) is 0 Å². The fraction of sp³-hybridized carbons (Fsp3) is 0.833. The van der Waals surface area contributed by atoms with Crippen LogP contribution >= 0.6 is 0 Å². The first kappa shape index (κ1) is 9.26. The van der Waals surface area contributed by atoms with Gasteiger partial charge in [-0.2, -0.15) is 0 Å². The van der Waals surface area contributed by atoms with Crippen molar-refractivity contribution in [3.63, 3.8) is 0 Å². The molecule has 1 heteroatoms. The quantitative estimate of drug-likeness (QED) is 0.648. The van der Waals surface area contributed by atoms with Crippen LogP contribution in [0.15, 0.2) is 11.6 Å². The molecule has 1 N–H and O–H groups in total. The van der Waals surface area contributed by atoms with Crippen LogP contribution in [0.3, 0.4) is 0 Å². The molecule has 0 aromatic rings. The van der Waals surface area contributed by atoms with Gasteiger partial charge in [-0.25, -0.2) is 0 Å². The van der Waals surface area contributed by atoms with Gasteiger partial charge >= 0.3 is 0 Å². The molecule has 0 aromatic carbocycles. The van der Waals surface area contributed by atoms with Crippen LogP contribution in [0, 0.1) is 5.92 Å². The molecule has 0 radical (unpaired) electrons. The lowest BCUT2D eigenvalue weighted by Gasteiger charge is -2.16. The van der Waals surface area contributed by atoms with Crippen LogP contribution in [0.1, 0.15) is 51.4 Å². The molecule has 1 nitrogen and oxygen atoms in total. The van der Waals surface area contributed by atoms with Gasteiger partial charge in [0.2, 0.25) is 0 Å². The summed E-state index contributed by atoms with van der Waals surface area (Å²) >= 11 is 0. The maximum atomic E-state index is 9.96. The highest BCUT2D eigenvalue weighted by molar-refractivity contribution is 5.12. The van der Waals surface area contributed by atoms with Crippen molar-refractivity contribution >= 4 is 0 Å². The Hall–Kier alpha value is -0.300. The molecule has 13 heavy (non-hydrogen) atoms. The van der Waals surface area contributed by atoms with E-state index in [1.54, 1.807) is 0 Å². The fourth-order valence-corrected chi connectivity index (χ4v) is 2.20. The molecule has 2 aliphatic rings. The van der Waals surface area contributed by atoms with Gasteiger partial charge in [-0.15, -0.1) is 0 Å². The SMILES string of the molecule is OC(C1=CCCCCCC1)C1CC1. The first-order valence-electron chi connectivity index (χ1n) is 5.75. The predicted octanol–water partition coefficient (Wildman–Crippen LogP) is 3.04. The van der Waals surface area contributed by atoms with E-state index >= 15 is 0 Å². The fourth-order valence-electron chi connectivity index (χ4n) is 2.20. The van der Waals surface area contributed by atoms with Gasteiger partial charge in [0.05, 0.1) is 6.10 Å². The first-order chi connectivity index (χ1) is 6.38. The molecule has 0 aliphatic heterocycles. The van der Waals surface area contributed by atoms with E-state index in [1.165, 1.54) is 50.5 Å². The summed E-state index contributed by atoms with van der Waals surface area (Å²) in [6.07, 6.45) is 12.4. The zero-order valence-corrected chi connectivity index (χ0v) is 8.34. The molecule has 0 saturated heterocycles. The molecule has 0 spiro atoms. The van der Waals surface area contributed by atoms with Crippen molar-refractivity contribution in [1.82, 2.24) is 0 Å². The smallest absolute Gasteiger partial charge is 0.0778 e. The Bertz CT molecular complexity index is 191. The lowest BCUT2D eigenvalue weighted by Crippen LogP contribution is -2.13. The van der Waals surface area contributed by atoms with Crippen LogP contribution in [0.5, 0.6) is 0 Å². The lowest BCUT2D eigenvalue weighted by molar-refractivity contribution is 0.181. The van der Waals surface area contributed by atoms with Crippen LogP contribution in [-0.4, -0.2) is 11.2 Å². The summed E-state index contributed by atoms with van der Waals surface area (Å²) in [4.78, 5) is 0. The Balaban J connectivity index is 1.92. The van der Waals surface area contributed by atoms with Crippen molar-refractivity contribution in [3.05, 3.63) is 11.6 Å². The molecule has 0 heterocycles. The average molecular weight is 180 g/mol. The minimum atomic E-state index is -0.0851. The minimum Gasteiger partial charge on any atom is -0.388 e. The van der Waals surface area contributed by atoms with Crippen LogP contribution in [-0.2, 0) is 0 Å². The molecule has 0 bridgehead atoms. The van der Waals surface area contributed by atoms with Gasteiger partial charge in [-0.1, -0.05) is 18.9 Å². The standard InChI is InChI=1S/C12H20O/c13-12(11-8-9-11)10-6-4-2-1-3-5-7-10/h6,11-13H,1-5,7-9H2. The summed E-state index contributed by atoms with van der Waals surface area (Å²) in [7, 11) is 0. The maximum Gasteiger partial charge on any atom is 0.0778 e. The molecular formula is C12H20O. The van der Waals surface area contributed by atoms with E-state index in [1.807, 2.05) is 0 Å². The topological polar surface area (TPSA) is 20.2 Å². The Morgan fingerprint density at radius 2 is 1.92 bits per heavy atom. The van der Waals surface area contributed by atoms with Gasteiger partial charge in [0, 0.05) is 0 Å². The molecule has 2 aliphatic carbocycles. The molecule has 2 rings (SSSR count). The molecule has 74 valence electrons. The summed E-state index contributed by atoms with van der Waals surface area (Å²) in [6.45, 7) is 0. The van der Waals surface area contributed by atoms with E-state index in [0.29, 0.717) is 5.92 Å². The molecule has 1 unspecified atom stereocenters. The van der Waals surface area contributed by atoms with Gasteiger partial charge in [-0.3, -0.25) is 0 Å². The molecule has 0 aromatic heterocycles. The van der Waals surface area contributed by atoms with Gasteiger partial charge in [0.25, 0.3) is 0 Å². The second-order valence-electron chi connectivity index (χ2n) is 4.51. The highest BCUT2D eigenvalue weighted by atomic mass is 16.3. The molecule has 1 atom stereocenters. The first-order valence-corrected chi connectivity index (χ1v) is 5.75. The lowest BCUT2D eigenvalue weighted by atomic mass is 9.94. The Morgan fingerprint density at radius 1 is 1.15 bits per heavy atom. The van der Waals surface area contributed by atoms with E-state index in [4.69, 9.17) is 0 Å². The van der Waals surface area contributed by atoms with Gasteiger partial charge in [-0.05, 0) is 50.0 Å². The summed E-state index contributed by atoms with van der Waals surface area (Å²) in [5.41, 5.74) is 1.35. The zero-order valence-electron chi connectivity index (χ0n) is 8.34. The summed E-state index contributed by atoms with van der Waals surface area (Å²) in [6, 6.07) is 0. The van der Waals surface area contributed by atoms with Crippen molar-refractivity contribution in [2.45, 2.75) is 57.5 Å². The molecule has 1 fully saturated rings. The third-order valence-corrected chi connectivity index (χ3v) is 3.27. The van der Waals surface area contributed by atoms with E-state index in [9.17, 15) is 5.11 Å². The summed E-state index contributed by atoms with van der Waals surface area (Å²) in [5, 5.41) is 9.96. The van der Waals surface area contributed by atoms with Crippen molar-refractivity contribution in [1.29, 1.82) is 0 Å². The molecule has 1 saturated carbocycles. The van der Waals surface area contributed by atoms with Gasteiger partial charge < -0.3 is 5.11 Å². The Morgan fingerprint density at radius 3 is 2.69 bits per heavy atom. The van der Waals surface area contributed by atoms with E-state index in [-0.39, 0.29) is 6.10 Å². The number of aliphatic hydroxyl groups excluding tert-OH is 1. The Kier molecular flexibility index (Phi) is 3.05. The monoisotopic (exact) mass is 180 g/mol. The van der Waals surface area contributed by atoms with Crippen molar-refractivity contribution < 1.29 is 5.11 Å². The molecule has 0 amide bonds.